The molecule has 0 saturated carbocycles. The van der Waals surface area contributed by atoms with Gasteiger partial charge in [-0.15, -0.1) is 0 Å². The molecule has 2 heterocycles. The highest BCUT2D eigenvalue weighted by Crippen LogP contribution is 2.35. The molecule has 0 bridgehead atoms. The van der Waals surface area contributed by atoms with Crippen molar-refractivity contribution in [3.8, 4) is 11.8 Å². The Morgan fingerprint density at radius 2 is 1.73 bits per heavy atom. The fourth-order valence-corrected chi connectivity index (χ4v) is 3.92. The molecule has 2 aromatic carbocycles. The molecule has 0 aliphatic rings. The number of para-hydroxylation sites is 1. The van der Waals surface area contributed by atoms with Gasteiger partial charge in [0.15, 0.2) is 5.82 Å². The van der Waals surface area contributed by atoms with Crippen molar-refractivity contribution in [3.05, 3.63) is 107 Å². The van der Waals surface area contributed by atoms with Gasteiger partial charge in [-0.2, -0.15) is 5.26 Å². The summed E-state index contributed by atoms with van der Waals surface area (Å²) in [6, 6.07) is 20.4. The molecular weight excluding hydrogens is 600 g/mol. The van der Waals surface area contributed by atoms with E-state index in [9.17, 15) is 19.6 Å². The summed E-state index contributed by atoms with van der Waals surface area (Å²) in [5.74, 6) is -2.20. The van der Waals surface area contributed by atoms with Gasteiger partial charge in [-0.1, -0.05) is 41.9 Å². The second-order valence-electron chi connectivity index (χ2n) is 9.38. The van der Waals surface area contributed by atoms with E-state index in [-0.39, 0.29) is 23.9 Å². The highest BCUT2D eigenvalue weighted by atomic mass is 35.5. The number of rotatable bonds is 11. The molecule has 0 radical (unpaired) electrons. The summed E-state index contributed by atoms with van der Waals surface area (Å²) in [5.41, 5.74) is 2.77. The fourth-order valence-electron chi connectivity index (χ4n) is 3.69. The summed E-state index contributed by atoms with van der Waals surface area (Å²) in [4.78, 5) is 42.3. The molecule has 230 valence electrons. The number of hydrogen-bond acceptors (Lipinski definition) is 9. The Hall–Kier alpha value is -5.77. The lowest BCUT2D eigenvalue weighted by Crippen LogP contribution is -2.14. The van der Waals surface area contributed by atoms with Crippen LogP contribution in [0, 0.1) is 11.3 Å². The molecule has 4 rings (SSSR count). The molecule has 0 atom stereocenters. The summed E-state index contributed by atoms with van der Waals surface area (Å²) in [5, 5.41) is 32.8. The molecule has 0 aliphatic carbocycles. The Bertz CT molecular complexity index is 1750. The van der Waals surface area contributed by atoms with Crippen LogP contribution in [0.3, 0.4) is 0 Å². The van der Waals surface area contributed by atoms with Crippen molar-refractivity contribution in [1.82, 2.24) is 14.9 Å². The minimum atomic E-state index is -1.26. The Labute approximate surface area is 263 Å². The summed E-state index contributed by atoms with van der Waals surface area (Å²) in [7, 11) is 3.81. The number of pyridine rings is 2. The molecule has 0 unspecified atom stereocenters. The van der Waals surface area contributed by atoms with E-state index < -0.39 is 11.9 Å². The second-order valence-corrected chi connectivity index (χ2v) is 9.79. The van der Waals surface area contributed by atoms with E-state index in [1.165, 1.54) is 6.08 Å². The first-order valence-corrected chi connectivity index (χ1v) is 13.6. The Kier molecular flexibility index (Phi) is 12.6. The molecular formula is C32H29ClN6O6. The Morgan fingerprint density at radius 3 is 2.36 bits per heavy atom. The van der Waals surface area contributed by atoms with Crippen LogP contribution in [0.5, 0.6) is 5.75 Å². The predicted octanol–water partition coefficient (Wildman–Crippen LogP) is 5.25. The number of benzene rings is 2. The van der Waals surface area contributed by atoms with Crippen LogP contribution in [0.1, 0.15) is 11.3 Å². The van der Waals surface area contributed by atoms with E-state index >= 15 is 0 Å². The fraction of sp³-hybridized carbons (Fsp3) is 0.125. The van der Waals surface area contributed by atoms with Gasteiger partial charge in [0, 0.05) is 42.0 Å². The van der Waals surface area contributed by atoms with Crippen LogP contribution in [0.4, 0.5) is 17.2 Å². The van der Waals surface area contributed by atoms with E-state index in [2.05, 4.69) is 26.7 Å². The van der Waals surface area contributed by atoms with E-state index in [1.54, 1.807) is 30.5 Å². The van der Waals surface area contributed by atoms with Crippen molar-refractivity contribution >= 4 is 57.5 Å². The minimum absolute atomic E-state index is 0.171. The third-order valence-corrected chi connectivity index (χ3v) is 5.95. The molecule has 2 aromatic heterocycles. The lowest BCUT2D eigenvalue weighted by Gasteiger charge is -2.16. The van der Waals surface area contributed by atoms with Crippen LogP contribution in [-0.4, -0.2) is 63.6 Å². The van der Waals surface area contributed by atoms with E-state index in [0.717, 1.165) is 11.1 Å². The van der Waals surface area contributed by atoms with Crippen LogP contribution in [0.15, 0.2) is 91.2 Å². The molecule has 4 aromatic rings. The highest BCUT2D eigenvalue weighted by Gasteiger charge is 2.17. The smallest absolute Gasteiger partial charge is 0.328 e. The van der Waals surface area contributed by atoms with Crippen molar-refractivity contribution in [1.29, 1.82) is 5.26 Å². The van der Waals surface area contributed by atoms with Crippen molar-refractivity contribution in [3.63, 3.8) is 0 Å². The number of nitrogens with zero attached hydrogens (tertiary/aromatic N) is 4. The van der Waals surface area contributed by atoms with E-state index in [1.807, 2.05) is 61.5 Å². The van der Waals surface area contributed by atoms with Gasteiger partial charge < -0.3 is 30.5 Å². The standard InChI is InChI=1S/C28H25ClN6O2.C4H4O4/c1-35(2)15-7-11-26(36)34-28-22(17-30)27(21-9-3-4-10-24(21)33-28)32-19-12-13-25(23(29)16-19)37-18-20-8-5-6-14-31-20;5-3(6)1-2-4(7)8/h3-14,16H,15,18H2,1-2H3,(H2,32,33,34,36);1-2H,(H,5,6)(H,7,8)/b11-7+;2-1-. The van der Waals surface area contributed by atoms with Gasteiger partial charge in [0.25, 0.3) is 0 Å². The molecule has 45 heavy (non-hydrogen) atoms. The number of nitriles is 1. The van der Waals surface area contributed by atoms with Crippen LogP contribution in [-0.2, 0) is 21.0 Å². The number of carboxylic acid groups (broad SMARTS) is 2. The van der Waals surface area contributed by atoms with Gasteiger partial charge in [0.2, 0.25) is 5.91 Å². The first-order chi connectivity index (χ1) is 21.6. The number of anilines is 3. The number of carbonyl (C=O) groups is 3. The number of carboxylic acids is 2. The number of amides is 1. The maximum Gasteiger partial charge on any atom is 0.328 e. The monoisotopic (exact) mass is 628 g/mol. The number of aromatic nitrogens is 2. The SMILES string of the molecule is CN(C)C/C=C/C(=O)Nc1nc2ccccc2c(Nc2ccc(OCc3ccccn3)c(Cl)c2)c1C#N.O=C(O)/C=C\C(=O)O. The van der Waals surface area contributed by atoms with Crippen molar-refractivity contribution < 1.29 is 29.3 Å². The summed E-state index contributed by atoms with van der Waals surface area (Å²) >= 11 is 6.49. The third-order valence-electron chi connectivity index (χ3n) is 5.66. The summed E-state index contributed by atoms with van der Waals surface area (Å²) < 4.78 is 5.81. The quantitative estimate of drug-likeness (QED) is 0.160. The average molecular weight is 629 g/mol. The maximum absolute atomic E-state index is 12.5. The highest BCUT2D eigenvalue weighted by molar-refractivity contribution is 6.32. The number of likely N-dealkylation sites (N-methyl/N-ethyl adjacent to an activating group) is 1. The van der Waals surface area contributed by atoms with Crippen LogP contribution < -0.4 is 15.4 Å². The van der Waals surface area contributed by atoms with E-state index in [0.29, 0.717) is 46.4 Å². The topological polar surface area (TPSA) is 178 Å². The summed E-state index contributed by atoms with van der Waals surface area (Å²) in [6.45, 7) is 0.895. The first kappa shape index (κ1) is 33.7. The zero-order chi connectivity index (χ0) is 32.8. The van der Waals surface area contributed by atoms with Crippen LogP contribution in [0.25, 0.3) is 10.9 Å². The molecule has 0 saturated heterocycles. The van der Waals surface area contributed by atoms with Crippen molar-refractivity contribution in [2.75, 3.05) is 31.3 Å². The normalized spacial score (nSPS) is 10.7. The van der Waals surface area contributed by atoms with Gasteiger partial charge in [0.1, 0.15) is 24.0 Å². The molecule has 0 fully saturated rings. The third kappa shape index (κ3) is 10.8. The first-order valence-electron chi connectivity index (χ1n) is 13.3. The molecule has 0 spiro atoms. The second kappa shape index (κ2) is 16.8. The zero-order valence-corrected chi connectivity index (χ0v) is 25.0. The number of ether oxygens (including phenoxy) is 1. The molecule has 1 amide bonds. The zero-order valence-electron chi connectivity index (χ0n) is 24.3. The summed E-state index contributed by atoms with van der Waals surface area (Å²) in [6.07, 6.45) is 5.98. The molecule has 0 aliphatic heterocycles. The lowest BCUT2D eigenvalue weighted by atomic mass is 10.1. The van der Waals surface area contributed by atoms with Crippen molar-refractivity contribution in [2.24, 2.45) is 0 Å². The largest absolute Gasteiger partial charge is 0.486 e. The van der Waals surface area contributed by atoms with Gasteiger partial charge in [0.05, 0.1) is 21.9 Å². The van der Waals surface area contributed by atoms with E-state index in [4.69, 9.17) is 26.6 Å². The molecule has 12 nitrogen and oxygen atoms in total. The van der Waals surface area contributed by atoms with Crippen LogP contribution in [0.2, 0.25) is 5.02 Å². The number of nitrogens with one attached hydrogen (secondary N) is 2. The van der Waals surface area contributed by atoms with Crippen molar-refractivity contribution in [2.45, 2.75) is 6.61 Å². The maximum atomic E-state index is 12.5. The number of aliphatic carboxylic acids is 2. The average Bonchev–Trinajstić information content (AvgIpc) is 3.00. The molecule has 4 N–H and O–H groups in total. The minimum Gasteiger partial charge on any atom is -0.486 e. The van der Waals surface area contributed by atoms with Gasteiger partial charge in [-0.3, -0.25) is 9.78 Å². The molecule has 13 heteroatoms. The van der Waals surface area contributed by atoms with Gasteiger partial charge in [-0.25, -0.2) is 14.6 Å². The Balaban J connectivity index is 0.000000610. The number of fused-ring (bicyclic) bond motifs is 1. The number of hydrogen-bond donors (Lipinski definition) is 4. The van der Waals surface area contributed by atoms with Gasteiger partial charge >= 0.3 is 11.9 Å². The van der Waals surface area contributed by atoms with Crippen LogP contribution >= 0.6 is 11.6 Å². The number of carbonyl (C=O) groups excluding carboxylic acids is 1. The van der Waals surface area contributed by atoms with Gasteiger partial charge in [-0.05, 0) is 50.5 Å². The number of halogens is 1. The lowest BCUT2D eigenvalue weighted by molar-refractivity contribution is -0.134. The predicted molar refractivity (Wildman–Crippen MR) is 170 cm³/mol. The Morgan fingerprint density at radius 1 is 1.02 bits per heavy atom.